The standard InChI is InChI=1S/C58H48N2/c1-39(2)49-33-34-51-55(42-27-31-48(32-28-42)60(45-21-13-7-14-22-45)46-23-15-8-16-24-46)38-56-53(40(3)4)37-54(52-36-35-50(49)57(51)58(52)56)41-25-29-47(30-26-41)59(43-17-9-5-10-18-43)44-19-11-6-12-20-44/h5-40H,1-4H3. The van der Waals surface area contributed by atoms with Gasteiger partial charge in [0.15, 0.2) is 0 Å². The van der Waals surface area contributed by atoms with Crippen molar-refractivity contribution in [1.29, 1.82) is 0 Å². The van der Waals surface area contributed by atoms with Crippen LogP contribution in [0.15, 0.2) is 206 Å². The van der Waals surface area contributed by atoms with E-state index in [2.05, 4.69) is 244 Å². The first-order chi connectivity index (χ1) is 29.4. The fourth-order valence-electron chi connectivity index (χ4n) is 9.27. The molecule has 10 aromatic carbocycles. The molecule has 0 spiro atoms. The molecule has 0 atom stereocenters. The van der Waals surface area contributed by atoms with Crippen molar-refractivity contribution in [3.05, 3.63) is 217 Å². The molecule has 0 aliphatic rings. The van der Waals surface area contributed by atoms with Gasteiger partial charge in [0.2, 0.25) is 0 Å². The number of hydrogen-bond donors (Lipinski definition) is 0. The fourth-order valence-corrected chi connectivity index (χ4v) is 9.27. The van der Waals surface area contributed by atoms with E-state index in [0.717, 1.165) is 34.1 Å². The van der Waals surface area contributed by atoms with E-state index < -0.39 is 0 Å². The number of hydrogen-bond acceptors (Lipinski definition) is 2. The molecule has 0 aliphatic carbocycles. The number of para-hydroxylation sites is 4. The molecular weight excluding hydrogens is 725 g/mol. The summed E-state index contributed by atoms with van der Waals surface area (Å²) in [5.74, 6) is 0.720. The Balaban J connectivity index is 1.14. The fraction of sp³-hybridized carbons (Fsp3) is 0.103. The summed E-state index contributed by atoms with van der Waals surface area (Å²) in [5.41, 5.74) is 14.6. The Kier molecular flexibility index (Phi) is 9.62. The van der Waals surface area contributed by atoms with Crippen molar-refractivity contribution in [2.45, 2.75) is 39.5 Å². The van der Waals surface area contributed by atoms with Crippen molar-refractivity contribution in [1.82, 2.24) is 0 Å². The maximum absolute atomic E-state index is 2.49. The van der Waals surface area contributed by atoms with Crippen LogP contribution >= 0.6 is 0 Å². The summed E-state index contributed by atoms with van der Waals surface area (Å²) >= 11 is 0. The van der Waals surface area contributed by atoms with Gasteiger partial charge in [-0.25, -0.2) is 0 Å². The Morgan fingerprint density at radius 1 is 0.283 bits per heavy atom. The minimum atomic E-state index is 0.323. The number of rotatable bonds is 10. The highest BCUT2D eigenvalue weighted by atomic mass is 15.1. The van der Waals surface area contributed by atoms with Gasteiger partial charge in [-0.2, -0.15) is 0 Å². The molecule has 0 aromatic heterocycles. The smallest absolute Gasteiger partial charge is 0.0462 e. The average Bonchev–Trinajstić information content (AvgIpc) is 3.30. The minimum Gasteiger partial charge on any atom is -0.311 e. The highest BCUT2D eigenvalue weighted by Crippen LogP contribution is 2.48. The predicted molar refractivity (Wildman–Crippen MR) is 259 cm³/mol. The summed E-state index contributed by atoms with van der Waals surface area (Å²) in [6.45, 7) is 9.31. The van der Waals surface area contributed by atoms with Crippen molar-refractivity contribution in [3.63, 3.8) is 0 Å². The molecule has 0 heterocycles. The molecule has 0 N–H and O–H groups in total. The van der Waals surface area contributed by atoms with Crippen molar-refractivity contribution in [2.24, 2.45) is 0 Å². The third-order valence-electron chi connectivity index (χ3n) is 12.1. The zero-order valence-corrected chi connectivity index (χ0v) is 34.7. The normalized spacial score (nSPS) is 11.6. The Morgan fingerprint density at radius 2 is 0.617 bits per heavy atom. The van der Waals surface area contributed by atoms with Crippen LogP contribution < -0.4 is 9.80 Å². The van der Waals surface area contributed by atoms with E-state index in [1.165, 1.54) is 65.7 Å². The zero-order valence-electron chi connectivity index (χ0n) is 34.7. The third kappa shape index (κ3) is 6.55. The molecular formula is C58H48N2. The van der Waals surface area contributed by atoms with Crippen LogP contribution in [0.2, 0.25) is 0 Å². The number of nitrogens with zero attached hydrogens (tertiary/aromatic N) is 2. The van der Waals surface area contributed by atoms with Crippen molar-refractivity contribution in [2.75, 3.05) is 9.80 Å². The molecule has 290 valence electrons. The summed E-state index contributed by atoms with van der Waals surface area (Å²) in [6, 6.07) is 75.4. The molecule has 10 rings (SSSR count). The average molecular weight is 773 g/mol. The van der Waals surface area contributed by atoms with Crippen LogP contribution in [-0.2, 0) is 0 Å². The van der Waals surface area contributed by atoms with Gasteiger partial charge in [0, 0.05) is 34.1 Å². The summed E-state index contributed by atoms with van der Waals surface area (Å²) in [5, 5.41) is 8.02. The molecule has 0 fully saturated rings. The van der Waals surface area contributed by atoms with Crippen LogP contribution in [0.5, 0.6) is 0 Å². The predicted octanol–water partition coefficient (Wildman–Crippen LogP) is 17.1. The first kappa shape index (κ1) is 37.1. The van der Waals surface area contributed by atoms with Crippen LogP contribution in [0.25, 0.3) is 54.6 Å². The van der Waals surface area contributed by atoms with Gasteiger partial charge < -0.3 is 9.80 Å². The molecule has 0 unspecified atom stereocenters. The number of anilines is 6. The second-order valence-electron chi connectivity index (χ2n) is 16.5. The molecule has 2 nitrogen and oxygen atoms in total. The van der Waals surface area contributed by atoms with Crippen LogP contribution in [0.4, 0.5) is 34.1 Å². The third-order valence-corrected chi connectivity index (χ3v) is 12.1. The van der Waals surface area contributed by atoms with Gasteiger partial charge in [-0.3, -0.25) is 0 Å². The summed E-state index contributed by atoms with van der Waals surface area (Å²) in [6.07, 6.45) is 0. The quantitative estimate of drug-likeness (QED) is 0.128. The van der Waals surface area contributed by atoms with Crippen LogP contribution in [0, 0.1) is 0 Å². The zero-order chi connectivity index (χ0) is 40.7. The molecule has 0 radical (unpaired) electrons. The molecule has 0 saturated carbocycles. The van der Waals surface area contributed by atoms with E-state index in [-0.39, 0.29) is 0 Å². The molecule has 2 heteroatoms. The maximum Gasteiger partial charge on any atom is 0.0462 e. The lowest BCUT2D eigenvalue weighted by atomic mass is 9.80. The first-order valence-corrected chi connectivity index (χ1v) is 21.2. The summed E-state index contributed by atoms with van der Waals surface area (Å²) in [4.78, 5) is 4.66. The SMILES string of the molecule is CC(C)c1ccc2c(-c3ccc(N(c4ccccc4)c4ccccc4)cc3)cc3c(C(C)C)cc(-c4ccc(N(c5ccccc5)c5ccccc5)cc4)c4ccc1c2c43. The Morgan fingerprint density at radius 3 is 1.02 bits per heavy atom. The lowest BCUT2D eigenvalue weighted by Gasteiger charge is -2.26. The van der Waals surface area contributed by atoms with Gasteiger partial charge in [-0.15, -0.1) is 0 Å². The lowest BCUT2D eigenvalue weighted by Crippen LogP contribution is -2.09. The van der Waals surface area contributed by atoms with Crippen LogP contribution in [-0.4, -0.2) is 0 Å². The van der Waals surface area contributed by atoms with Crippen LogP contribution in [0.3, 0.4) is 0 Å². The topological polar surface area (TPSA) is 6.48 Å². The van der Waals surface area contributed by atoms with E-state index in [9.17, 15) is 0 Å². The highest BCUT2D eigenvalue weighted by molar-refractivity contribution is 6.29. The molecule has 0 bridgehead atoms. The Labute approximate surface area is 354 Å². The van der Waals surface area contributed by atoms with Gasteiger partial charge in [0.1, 0.15) is 0 Å². The largest absolute Gasteiger partial charge is 0.311 e. The lowest BCUT2D eigenvalue weighted by molar-refractivity contribution is 0.876. The molecule has 0 amide bonds. The molecule has 0 saturated heterocycles. The van der Waals surface area contributed by atoms with E-state index >= 15 is 0 Å². The highest BCUT2D eigenvalue weighted by Gasteiger charge is 2.22. The summed E-state index contributed by atoms with van der Waals surface area (Å²) in [7, 11) is 0. The second-order valence-corrected chi connectivity index (χ2v) is 16.5. The van der Waals surface area contributed by atoms with E-state index in [4.69, 9.17) is 0 Å². The molecule has 0 aliphatic heterocycles. The molecule has 10 aromatic rings. The summed E-state index contributed by atoms with van der Waals surface area (Å²) < 4.78 is 0. The monoisotopic (exact) mass is 772 g/mol. The van der Waals surface area contributed by atoms with E-state index in [0.29, 0.717) is 11.8 Å². The van der Waals surface area contributed by atoms with Gasteiger partial charge in [-0.05, 0) is 162 Å². The second kappa shape index (κ2) is 15.5. The van der Waals surface area contributed by atoms with E-state index in [1.807, 2.05) is 0 Å². The Bertz CT molecular complexity index is 2960. The first-order valence-electron chi connectivity index (χ1n) is 21.2. The van der Waals surface area contributed by atoms with Crippen molar-refractivity contribution < 1.29 is 0 Å². The van der Waals surface area contributed by atoms with Gasteiger partial charge in [0.05, 0.1) is 0 Å². The number of benzene rings is 10. The van der Waals surface area contributed by atoms with Gasteiger partial charge in [-0.1, -0.05) is 149 Å². The maximum atomic E-state index is 2.49. The van der Waals surface area contributed by atoms with Crippen molar-refractivity contribution in [3.8, 4) is 22.3 Å². The van der Waals surface area contributed by atoms with Gasteiger partial charge in [0.25, 0.3) is 0 Å². The van der Waals surface area contributed by atoms with Crippen molar-refractivity contribution >= 4 is 66.4 Å². The minimum absolute atomic E-state index is 0.323. The Hall–Kier alpha value is -7.16. The van der Waals surface area contributed by atoms with Crippen LogP contribution in [0.1, 0.15) is 50.7 Å². The van der Waals surface area contributed by atoms with E-state index in [1.54, 1.807) is 0 Å². The van der Waals surface area contributed by atoms with Gasteiger partial charge >= 0.3 is 0 Å². The molecule has 60 heavy (non-hydrogen) atoms.